The smallest absolute Gasteiger partial charge is 0.259 e. The summed E-state index contributed by atoms with van der Waals surface area (Å²) in [6, 6.07) is 9.39. The number of aromatic nitrogens is 1. The van der Waals surface area contributed by atoms with Crippen LogP contribution in [0.1, 0.15) is 29.8 Å². The molecular weight excluding hydrogens is 432 g/mol. The molecule has 1 aromatic carbocycles. The van der Waals surface area contributed by atoms with Crippen LogP contribution >= 0.6 is 0 Å². The third-order valence-corrected chi connectivity index (χ3v) is 6.31. The SMILES string of the molecule is Cc1ccccc1-c1cnc2c(c1)C(=O)N([C@H](C)CO)C[C@@H](C)[C@@H](CN(C)C(=O)CN(C)C)O2. The van der Waals surface area contributed by atoms with Gasteiger partial charge in [0.1, 0.15) is 11.7 Å². The summed E-state index contributed by atoms with van der Waals surface area (Å²) >= 11 is 0. The number of aliphatic hydroxyl groups excluding tert-OH is 1. The quantitative estimate of drug-likeness (QED) is 0.671. The highest BCUT2D eigenvalue weighted by Gasteiger charge is 2.34. The predicted molar refractivity (Wildman–Crippen MR) is 132 cm³/mol. The Hall–Kier alpha value is -2.97. The number of aliphatic hydroxyl groups is 1. The van der Waals surface area contributed by atoms with Gasteiger partial charge in [0, 0.05) is 31.3 Å². The molecule has 0 spiro atoms. The van der Waals surface area contributed by atoms with Crippen LogP contribution in [-0.2, 0) is 4.79 Å². The highest BCUT2D eigenvalue weighted by molar-refractivity contribution is 5.98. The van der Waals surface area contributed by atoms with Gasteiger partial charge in [0.05, 0.1) is 25.7 Å². The summed E-state index contributed by atoms with van der Waals surface area (Å²) in [6.45, 7) is 6.75. The van der Waals surface area contributed by atoms with Crippen LogP contribution in [0.15, 0.2) is 36.5 Å². The molecule has 34 heavy (non-hydrogen) atoms. The number of likely N-dealkylation sites (N-methyl/N-ethyl adjacent to an activating group) is 2. The first-order valence-electron chi connectivity index (χ1n) is 11.7. The van der Waals surface area contributed by atoms with Gasteiger partial charge < -0.3 is 24.5 Å². The van der Waals surface area contributed by atoms with Crippen molar-refractivity contribution in [1.82, 2.24) is 19.7 Å². The Morgan fingerprint density at radius 1 is 1.26 bits per heavy atom. The van der Waals surface area contributed by atoms with Crippen LogP contribution in [0.4, 0.5) is 0 Å². The van der Waals surface area contributed by atoms with E-state index in [1.165, 1.54) is 0 Å². The Balaban J connectivity index is 2.00. The van der Waals surface area contributed by atoms with Gasteiger partial charge in [-0.25, -0.2) is 4.98 Å². The van der Waals surface area contributed by atoms with E-state index in [2.05, 4.69) is 4.98 Å². The number of rotatable bonds is 7. The minimum absolute atomic E-state index is 0.0115. The largest absolute Gasteiger partial charge is 0.472 e. The second-order valence-electron chi connectivity index (χ2n) is 9.53. The Morgan fingerprint density at radius 3 is 2.62 bits per heavy atom. The van der Waals surface area contributed by atoms with Crippen LogP contribution in [0.5, 0.6) is 5.88 Å². The van der Waals surface area contributed by atoms with E-state index < -0.39 is 0 Å². The first kappa shape index (κ1) is 25.6. The number of ether oxygens (including phenoxy) is 1. The number of pyridine rings is 1. The minimum atomic E-state index is -0.367. The van der Waals surface area contributed by atoms with Gasteiger partial charge in [-0.2, -0.15) is 0 Å². The monoisotopic (exact) mass is 468 g/mol. The molecule has 0 saturated carbocycles. The molecule has 0 bridgehead atoms. The van der Waals surface area contributed by atoms with Crippen LogP contribution in [0.2, 0.25) is 0 Å². The summed E-state index contributed by atoms with van der Waals surface area (Å²) in [6.07, 6.45) is 1.35. The van der Waals surface area contributed by atoms with Crippen molar-refractivity contribution in [2.45, 2.75) is 32.9 Å². The summed E-state index contributed by atoms with van der Waals surface area (Å²) in [4.78, 5) is 35.9. The van der Waals surface area contributed by atoms with Gasteiger partial charge in [0.2, 0.25) is 11.8 Å². The van der Waals surface area contributed by atoms with Crippen LogP contribution < -0.4 is 4.74 Å². The maximum atomic E-state index is 13.6. The fourth-order valence-electron chi connectivity index (χ4n) is 4.13. The van der Waals surface area contributed by atoms with E-state index in [0.29, 0.717) is 25.2 Å². The predicted octanol–water partition coefficient (Wildman–Crippen LogP) is 2.30. The average Bonchev–Trinajstić information content (AvgIpc) is 2.80. The van der Waals surface area contributed by atoms with Crippen LogP contribution in [-0.4, -0.2) is 96.1 Å². The van der Waals surface area contributed by atoms with Crippen LogP contribution in [0.25, 0.3) is 11.1 Å². The third kappa shape index (κ3) is 5.74. The molecule has 8 nitrogen and oxygen atoms in total. The molecule has 0 fully saturated rings. The number of fused-ring (bicyclic) bond motifs is 1. The third-order valence-electron chi connectivity index (χ3n) is 6.31. The van der Waals surface area contributed by atoms with Gasteiger partial charge in [0.25, 0.3) is 5.91 Å². The van der Waals surface area contributed by atoms with Gasteiger partial charge in [-0.3, -0.25) is 9.59 Å². The van der Waals surface area contributed by atoms with Crippen molar-refractivity contribution in [3.63, 3.8) is 0 Å². The molecular formula is C26H36N4O4. The number of hydrogen-bond donors (Lipinski definition) is 1. The Bertz CT molecular complexity index is 1030. The van der Waals surface area contributed by atoms with Gasteiger partial charge >= 0.3 is 0 Å². The van der Waals surface area contributed by atoms with Gasteiger partial charge in [0.15, 0.2) is 0 Å². The molecule has 8 heteroatoms. The van der Waals surface area contributed by atoms with Crippen molar-refractivity contribution in [1.29, 1.82) is 0 Å². The fraction of sp³-hybridized carbons (Fsp3) is 0.500. The molecule has 2 aromatic rings. The highest BCUT2D eigenvalue weighted by Crippen LogP contribution is 2.31. The topological polar surface area (TPSA) is 86.2 Å². The molecule has 0 unspecified atom stereocenters. The zero-order valence-corrected chi connectivity index (χ0v) is 21.0. The van der Waals surface area contributed by atoms with Crippen molar-refractivity contribution in [3.05, 3.63) is 47.7 Å². The van der Waals surface area contributed by atoms with Crippen molar-refractivity contribution in [2.24, 2.45) is 5.92 Å². The normalized spacial score (nSPS) is 19.2. The van der Waals surface area contributed by atoms with Gasteiger partial charge in [-0.1, -0.05) is 31.2 Å². The highest BCUT2D eigenvalue weighted by atomic mass is 16.5. The van der Waals surface area contributed by atoms with Gasteiger partial charge in [-0.15, -0.1) is 0 Å². The summed E-state index contributed by atoms with van der Waals surface area (Å²) in [5, 5.41) is 9.84. The lowest BCUT2D eigenvalue weighted by atomic mass is 9.98. The second-order valence-corrected chi connectivity index (χ2v) is 9.53. The minimum Gasteiger partial charge on any atom is -0.472 e. The molecule has 1 N–H and O–H groups in total. The Morgan fingerprint density at radius 2 is 1.97 bits per heavy atom. The lowest BCUT2D eigenvalue weighted by Gasteiger charge is -2.37. The van der Waals surface area contributed by atoms with Crippen molar-refractivity contribution in [2.75, 3.05) is 47.4 Å². The average molecular weight is 469 g/mol. The molecule has 1 aliphatic heterocycles. The molecule has 0 aliphatic carbocycles. The fourth-order valence-corrected chi connectivity index (χ4v) is 4.13. The number of aryl methyl sites for hydroxylation is 1. The number of benzene rings is 1. The number of carbonyl (C=O) groups is 2. The lowest BCUT2D eigenvalue weighted by Crippen LogP contribution is -2.51. The van der Waals surface area contributed by atoms with Crippen molar-refractivity contribution < 1.29 is 19.4 Å². The van der Waals surface area contributed by atoms with E-state index in [9.17, 15) is 14.7 Å². The molecule has 3 rings (SSSR count). The van der Waals surface area contributed by atoms with Crippen molar-refractivity contribution in [3.8, 4) is 17.0 Å². The van der Waals surface area contributed by atoms with E-state index >= 15 is 0 Å². The summed E-state index contributed by atoms with van der Waals surface area (Å²) in [5.41, 5.74) is 3.26. The Labute approximate surface area is 202 Å². The standard InChI is InChI=1S/C26H36N4O4/c1-17-9-7-8-10-21(17)20-11-22-25(27-12-20)34-23(14-29(6)24(32)15-28(4)5)18(2)13-30(26(22)33)19(3)16-31/h7-12,18-19,23,31H,13-16H2,1-6H3/t18-,19-,23-/m1/s1. The molecule has 184 valence electrons. The maximum absolute atomic E-state index is 13.6. The number of hydrogen-bond acceptors (Lipinski definition) is 6. The number of amides is 2. The molecule has 1 aliphatic rings. The van der Waals surface area contributed by atoms with E-state index in [-0.39, 0.29) is 42.4 Å². The van der Waals surface area contributed by atoms with Crippen LogP contribution in [0, 0.1) is 12.8 Å². The zero-order valence-electron chi connectivity index (χ0n) is 21.0. The number of nitrogens with zero attached hydrogens (tertiary/aromatic N) is 4. The number of carbonyl (C=O) groups excluding carboxylic acids is 2. The van der Waals surface area contributed by atoms with Crippen LogP contribution in [0.3, 0.4) is 0 Å². The van der Waals surface area contributed by atoms with Gasteiger partial charge in [-0.05, 0) is 45.1 Å². The summed E-state index contributed by atoms with van der Waals surface area (Å²) < 4.78 is 6.30. The zero-order chi connectivity index (χ0) is 25.0. The molecule has 0 radical (unpaired) electrons. The first-order chi connectivity index (χ1) is 16.1. The molecule has 2 heterocycles. The maximum Gasteiger partial charge on any atom is 0.259 e. The van der Waals surface area contributed by atoms with E-state index in [4.69, 9.17) is 4.74 Å². The molecule has 0 saturated heterocycles. The molecule has 3 atom stereocenters. The van der Waals surface area contributed by atoms with E-state index in [1.54, 1.807) is 23.0 Å². The molecule has 1 aromatic heterocycles. The second kappa shape index (κ2) is 11.0. The molecule has 2 amide bonds. The lowest BCUT2D eigenvalue weighted by molar-refractivity contribution is -0.132. The van der Waals surface area contributed by atoms with Crippen molar-refractivity contribution >= 4 is 11.8 Å². The van der Waals surface area contributed by atoms with E-state index in [0.717, 1.165) is 16.7 Å². The van der Waals surface area contributed by atoms with E-state index in [1.807, 2.05) is 70.1 Å². The summed E-state index contributed by atoms with van der Waals surface area (Å²) in [5.74, 6) is -0.0644. The first-order valence-corrected chi connectivity index (χ1v) is 11.7. The Kier molecular flexibility index (Phi) is 8.28. The summed E-state index contributed by atoms with van der Waals surface area (Å²) in [7, 11) is 5.47.